The lowest BCUT2D eigenvalue weighted by atomic mass is 10.2. The van der Waals surface area contributed by atoms with Crippen LogP contribution >= 0.6 is 0 Å². The van der Waals surface area contributed by atoms with E-state index in [0.29, 0.717) is 5.56 Å². The molecule has 0 spiro atoms. The van der Waals surface area contributed by atoms with Crippen LogP contribution in [-0.2, 0) is 4.79 Å². The Balaban J connectivity index is 1.97. The highest BCUT2D eigenvalue weighted by Gasteiger charge is 2.16. The van der Waals surface area contributed by atoms with Gasteiger partial charge in [-0.05, 0) is 37.6 Å². The van der Waals surface area contributed by atoms with E-state index in [2.05, 4.69) is 10.6 Å². The van der Waals surface area contributed by atoms with Crippen LogP contribution in [-0.4, -0.2) is 17.9 Å². The highest BCUT2D eigenvalue weighted by atomic mass is 16.2. The molecule has 0 aromatic heterocycles. The molecule has 0 radical (unpaired) electrons. The fourth-order valence-corrected chi connectivity index (χ4v) is 1.89. The van der Waals surface area contributed by atoms with Crippen molar-refractivity contribution in [3.63, 3.8) is 0 Å². The number of hydrogen-bond acceptors (Lipinski definition) is 2. The number of anilines is 1. The molecule has 0 aliphatic rings. The Morgan fingerprint density at radius 3 is 2.24 bits per heavy atom. The summed E-state index contributed by atoms with van der Waals surface area (Å²) < 4.78 is 0. The van der Waals surface area contributed by atoms with Crippen molar-refractivity contribution in [1.29, 1.82) is 0 Å². The Hall–Kier alpha value is -2.62. The Morgan fingerprint density at radius 2 is 1.57 bits per heavy atom. The summed E-state index contributed by atoms with van der Waals surface area (Å²) in [5, 5.41) is 5.50. The molecule has 1 atom stereocenters. The standard InChI is InChI=1S/C17H18N2O2/c1-12-8-6-7-11-15(12)19-16(20)13(2)18-17(21)14-9-4-3-5-10-14/h3-11,13H,1-2H3,(H,18,21)(H,19,20)/t13-/m0/s1. The van der Waals surface area contributed by atoms with E-state index < -0.39 is 6.04 Å². The van der Waals surface area contributed by atoms with Crippen molar-refractivity contribution < 1.29 is 9.59 Å². The number of para-hydroxylation sites is 1. The minimum absolute atomic E-state index is 0.242. The number of aryl methyl sites for hydroxylation is 1. The summed E-state index contributed by atoms with van der Waals surface area (Å²) in [6.45, 7) is 3.58. The Morgan fingerprint density at radius 1 is 0.952 bits per heavy atom. The van der Waals surface area contributed by atoms with Gasteiger partial charge < -0.3 is 10.6 Å². The first kappa shape index (κ1) is 14.8. The Bertz CT molecular complexity index is 638. The van der Waals surface area contributed by atoms with E-state index in [0.717, 1.165) is 11.3 Å². The fourth-order valence-electron chi connectivity index (χ4n) is 1.89. The minimum atomic E-state index is -0.614. The molecule has 4 nitrogen and oxygen atoms in total. The van der Waals surface area contributed by atoms with Crippen molar-refractivity contribution >= 4 is 17.5 Å². The van der Waals surface area contributed by atoms with Crippen LogP contribution in [0, 0.1) is 6.92 Å². The lowest BCUT2D eigenvalue weighted by molar-refractivity contribution is -0.117. The highest BCUT2D eigenvalue weighted by Crippen LogP contribution is 2.13. The molecule has 0 aliphatic carbocycles. The minimum Gasteiger partial charge on any atom is -0.341 e. The number of hydrogen-bond donors (Lipinski definition) is 2. The van der Waals surface area contributed by atoms with Crippen molar-refractivity contribution in [2.75, 3.05) is 5.32 Å². The summed E-state index contributed by atoms with van der Waals surface area (Å²) >= 11 is 0. The quantitative estimate of drug-likeness (QED) is 0.906. The molecule has 2 rings (SSSR count). The topological polar surface area (TPSA) is 58.2 Å². The van der Waals surface area contributed by atoms with Gasteiger partial charge in [0.25, 0.3) is 5.91 Å². The predicted octanol–water partition coefficient (Wildman–Crippen LogP) is 2.75. The van der Waals surface area contributed by atoms with E-state index in [1.807, 2.05) is 37.3 Å². The second-order valence-electron chi connectivity index (χ2n) is 4.87. The maximum atomic E-state index is 12.1. The maximum absolute atomic E-state index is 12.1. The summed E-state index contributed by atoms with van der Waals surface area (Å²) in [5.41, 5.74) is 2.27. The maximum Gasteiger partial charge on any atom is 0.251 e. The summed E-state index contributed by atoms with van der Waals surface area (Å²) in [5.74, 6) is -0.503. The molecule has 0 unspecified atom stereocenters. The van der Waals surface area contributed by atoms with E-state index >= 15 is 0 Å². The first-order chi connectivity index (χ1) is 10.1. The highest BCUT2D eigenvalue weighted by molar-refractivity contribution is 6.01. The average molecular weight is 282 g/mol. The molecule has 108 valence electrons. The van der Waals surface area contributed by atoms with Gasteiger partial charge in [0.1, 0.15) is 6.04 Å². The molecular weight excluding hydrogens is 264 g/mol. The van der Waals surface area contributed by atoms with Gasteiger partial charge in [0, 0.05) is 11.3 Å². The molecule has 4 heteroatoms. The number of carbonyl (C=O) groups excluding carboxylic acids is 2. The molecular formula is C17H18N2O2. The first-order valence-electron chi connectivity index (χ1n) is 6.80. The zero-order valence-electron chi connectivity index (χ0n) is 12.1. The second kappa shape index (κ2) is 6.70. The van der Waals surface area contributed by atoms with Crippen LogP contribution in [0.1, 0.15) is 22.8 Å². The summed E-state index contributed by atoms with van der Waals surface area (Å²) in [6, 6.07) is 15.7. The van der Waals surface area contributed by atoms with Gasteiger partial charge in [-0.15, -0.1) is 0 Å². The van der Waals surface area contributed by atoms with Crippen LogP contribution in [0.15, 0.2) is 54.6 Å². The number of rotatable bonds is 4. The average Bonchev–Trinajstić information content (AvgIpc) is 2.50. The smallest absolute Gasteiger partial charge is 0.251 e. The summed E-state index contributed by atoms with van der Waals surface area (Å²) in [7, 11) is 0. The second-order valence-corrected chi connectivity index (χ2v) is 4.87. The molecule has 0 heterocycles. The zero-order chi connectivity index (χ0) is 15.2. The van der Waals surface area contributed by atoms with Crippen molar-refractivity contribution in [2.24, 2.45) is 0 Å². The predicted molar refractivity (Wildman–Crippen MR) is 83.2 cm³/mol. The summed E-state index contributed by atoms with van der Waals surface area (Å²) in [6.07, 6.45) is 0. The zero-order valence-corrected chi connectivity index (χ0v) is 12.1. The molecule has 2 amide bonds. The molecule has 2 aromatic rings. The van der Waals surface area contributed by atoms with Gasteiger partial charge in [0.2, 0.25) is 5.91 Å². The third kappa shape index (κ3) is 3.92. The van der Waals surface area contributed by atoms with E-state index in [4.69, 9.17) is 0 Å². The van der Waals surface area contributed by atoms with Crippen molar-refractivity contribution in [3.05, 3.63) is 65.7 Å². The molecule has 0 bridgehead atoms. The van der Waals surface area contributed by atoms with Crippen molar-refractivity contribution in [2.45, 2.75) is 19.9 Å². The van der Waals surface area contributed by atoms with Crippen LogP contribution in [0.25, 0.3) is 0 Å². The monoisotopic (exact) mass is 282 g/mol. The normalized spacial score (nSPS) is 11.5. The van der Waals surface area contributed by atoms with Crippen LogP contribution in [0.3, 0.4) is 0 Å². The molecule has 2 N–H and O–H groups in total. The van der Waals surface area contributed by atoms with Crippen LogP contribution in [0.4, 0.5) is 5.69 Å². The number of nitrogens with one attached hydrogen (secondary N) is 2. The third-order valence-corrected chi connectivity index (χ3v) is 3.18. The number of carbonyl (C=O) groups is 2. The van der Waals surface area contributed by atoms with Crippen molar-refractivity contribution in [3.8, 4) is 0 Å². The van der Waals surface area contributed by atoms with E-state index in [9.17, 15) is 9.59 Å². The molecule has 0 aliphatic heterocycles. The van der Waals surface area contributed by atoms with Crippen LogP contribution in [0.5, 0.6) is 0 Å². The number of amides is 2. The van der Waals surface area contributed by atoms with Crippen LogP contribution in [0.2, 0.25) is 0 Å². The first-order valence-corrected chi connectivity index (χ1v) is 6.80. The Kier molecular flexibility index (Phi) is 4.72. The lowest BCUT2D eigenvalue weighted by Gasteiger charge is -2.15. The molecule has 21 heavy (non-hydrogen) atoms. The van der Waals surface area contributed by atoms with Gasteiger partial charge in [0.15, 0.2) is 0 Å². The van der Waals surface area contributed by atoms with E-state index in [1.165, 1.54) is 0 Å². The molecule has 0 saturated heterocycles. The summed E-state index contributed by atoms with van der Waals surface area (Å²) in [4.78, 5) is 24.1. The van der Waals surface area contributed by atoms with Crippen molar-refractivity contribution in [1.82, 2.24) is 5.32 Å². The molecule has 0 fully saturated rings. The van der Waals surface area contributed by atoms with Crippen LogP contribution < -0.4 is 10.6 Å². The fraction of sp³-hybridized carbons (Fsp3) is 0.176. The van der Waals surface area contributed by atoms with Gasteiger partial charge in [-0.25, -0.2) is 0 Å². The van der Waals surface area contributed by atoms with Gasteiger partial charge in [-0.3, -0.25) is 9.59 Å². The molecule has 2 aromatic carbocycles. The molecule has 0 saturated carbocycles. The van der Waals surface area contributed by atoms with Gasteiger partial charge in [-0.2, -0.15) is 0 Å². The lowest BCUT2D eigenvalue weighted by Crippen LogP contribution is -2.41. The van der Waals surface area contributed by atoms with E-state index in [-0.39, 0.29) is 11.8 Å². The van der Waals surface area contributed by atoms with Gasteiger partial charge in [0.05, 0.1) is 0 Å². The number of benzene rings is 2. The third-order valence-electron chi connectivity index (χ3n) is 3.18. The largest absolute Gasteiger partial charge is 0.341 e. The Labute approximate surface area is 124 Å². The van der Waals surface area contributed by atoms with E-state index in [1.54, 1.807) is 31.2 Å². The van der Waals surface area contributed by atoms with Gasteiger partial charge in [-0.1, -0.05) is 36.4 Å². The van der Waals surface area contributed by atoms with Gasteiger partial charge >= 0.3 is 0 Å². The SMILES string of the molecule is Cc1ccccc1NC(=O)[C@H](C)NC(=O)c1ccccc1.